The normalized spacial score (nSPS) is 11.6. The smallest absolute Gasteiger partial charge is 0.261 e. The molecule has 0 aliphatic heterocycles. The number of carbonyl (C=O) groups is 1. The third-order valence-electron chi connectivity index (χ3n) is 5.95. The lowest BCUT2D eigenvalue weighted by Gasteiger charge is -2.14. The number of para-hydroxylation sites is 1. The summed E-state index contributed by atoms with van der Waals surface area (Å²) >= 11 is 6.27. The summed E-state index contributed by atoms with van der Waals surface area (Å²) in [7, 11) is -7.70. The Morgan fingerprint density at radius 3 is 1.79 bits per heavy atom. The van der Waals surface area contributed by atoms with Crippen LogP contribution >= 0.6 is 11.6 Å². The van der Waals surface area contributed by atoms with E-state index in [1.54, 1.807) is 12.1 Å². The van der Waals surface area contributed by atoms with Gasteiger partial charge in [0, 0.05) is 11.3 Å². The van der Waals surface area contributed by atoms with Crippen LogP contribution in [0.3, 0.4) is 0 Å². The highest BCUT2D eigenvalue weighted by Gasteiger charge is 2.19. The molecular weight excluding hydrogens is 558 g/mol. The first-order valence-corrected chi connectivity index (χ1v) is 15.1. The molecule has 4 aromatic rings. The highest BCUT2D eigenvalue weighted by molar-refractivity contribution is 7.93. The summed E-state index contributed by atoms with van der Waals surface area (Å²) in [5.41, 5.74) is 3.73. The topological polar surface area (TPSA) is 121 Å². The molecule has 8 nitrogen and oxygen atoms in total. The molecule has 0 aromatic heterocycles. The molecule has 0 bridgehead atoms. The molecular formula is C28H26ClN3O5S2. The molecule has 1 amide bonds. The van der Waals surface area contributed by atoms with Crippen molar-refractivity contribution < 1.29 is 21.6 Å². The van der Waals surface area contributed by atoms with E-state index in [0.29, 0.717) is 11.4 Å². The molecule has 3 N–H and O–H groups in total. The molecule has 0 atom stereocenters. The molecule has 0 saturated carbocycles. The Labute approximate surface area is 233 Å². The SMILES string of the molecule is Cc1ccc(S(=O)(=O)Nc2ccc(C(=O)Nc3ccc(S(=O)(=O)Nc4c(C)cccc4C)cc3)cc2Cl)cc1. The van der Waals surface area contributed by atoms with E-state index in [0.717, 1.165) is 16.7 Å². The molecule has 0 aliphatic carbocycles. The fourth-order valence-electron chi connectivity index (χ4n) is 3.75. The van der Waals surface area contributed by atoms with Crippen LogP contribution in [0.25, 0.3) is 0 Å². The largest absolute Gasteiger partial charge is 0.322 e. The second-order valence-electron chi connectivity index (χ2n) is 8.96. The van der Waals surface area contributed by atoms with E-state index in [1.807, 2.05) is 39.0 Å². The lowest BCUT2D eigenvalue weighted by atomic mass is 10.1. The van der Waals surface area contributed by atoms with E-state index in [9.17, 15) is 21.6 Å². The quantitative estimate of drug-likeness (QED) is 0.231. The van der Waals surface area contributed by atoms with Crippen LogP contribution in [-0.4, -0.2) is 22.7 Å². The molecule has 0 aliphatic rings. The van der Waals surface area contributed by atoms with Gasteiger partial charge in [0.15, 0.2) is 0 Å². The van der Waals surface area contributed by atoms with Crippen molar-refractivity contribution in [2.75, 3.05) is 14.8 Å². The average Bonchev–Trinajstić information content (AvgIpc) is 2.88. The first kappa shape index (κ1) is 28.2. The maximum Gasteiger partial charge on any atom is 0.261 e. The van der Waals surface area contributed by atoms with Gasteiger partial charge in [-0.15, -0.1) is 0 Å². The van der Waals surface area contributed by atoms with E-state index >= 15 is 0 Å². The van der Waals surface area contributed by atoms with E-state index in [4.69, 9.17) is 11.6 Å². The second-order valence-corrected chi connectivity index (χ2v) is 12.7. The summed E-state index contributed by atoms with van der Waals surface area (Å²) < 4.78 is 56.1. The summed E-state index contributed by atoms with van der Waals surface area (Å²) in [5.74, 6) is -0.505. The van der Waals surface area contributed by atoms with Crippen LogP contribution in [0.5, 0.6) is 0 Å². The number of anilines is 3. The average molecular weight is 584 g/mol. The van der Waals surface area contributed by atoms with Crippen LogP contribution in [0.4, 0.5) is 17.1 Å². The van der Waals surface area contributed by atoms with Crippen molar-refractivity contribution in [1.82, 2.24) is 0 Å². The van der Waals surface area contributed by atoms with Crippen molar-refractivity contribution in [2.24, 2.45) is 0 Å². The van der Waals surface area contributed by atoms with Crippen LogP contribution in [0, 0.1) is 20.8 Å². The Hall–Kier alpha value is -3.86. The van der Waals surface area contributed by atoms with Gasteiger partial charge < -0.3 is 5.32 Å². The third kappa shape index (κ3) is 6.59. The zero-order chi connectivity index (χ0) is 28.4. The van der Waals surface area contributed by atoms with Crippen molar-refractivity contribution in [1.29, 1.82) is 0 Å². The van der Waals surface area contributed by atoms with Crippen LogP contribution in [0.15, 0.2) is 94.7 Å². The Balaban J connectivity index is 1.45. The summed E-state index contributed by atoms with van der Waals surface area (Å²) in [4.78, 5) is 12.9. The van der Waals surface area contributed by atoms with Gasteiger partial charge >= 0.3 is 0 Å². The van der Waals surface area contributed by atoms with E-state index in [2.05, 4.69) is 14.8 Å². The van der Waals surface area contributed by atoms with E-state index < -0.39 is 26.0 Å². The van der Waals surface area contributed by atoms with Crippen LogP contribution < -0.4 is 14.8 Å². The number of benzene rings is 4. The number of aryl methyl sites for hydroxylation is 3. The zero-order valence-corrected chi connectivity index (χ0v) is 23.7. The minimum atomic E-state index is -3.86. The molecule has 0 radical (unpaired) electrons. The van der Waals surface area contributed by atoms with Gasteiger partial charge in [0.2, 0.25) is 0 Å². The number of sulfonamides is 2. The van der Waals surface area contributed by atoms with E-state index in [-0.39, 0.29) is 26.1 Å². The first-order chi connectivity index (χ1) is 18.4. The number of rotatable bonds is 8. The van der Waals surface area contributed by atoms with Crippen molar-refractivity contribution in [3.05, 3.63) is 112 Å². The van der Waals surface area contributed by atoms with Gasteiger partial charge in [0.25, 0.3) is 26.0 Å². The molecule has 0 unspecified atom stereocenters. The van der Waals surface area contributed by atoms with Gasteiger partial charge in [-0.2, -0.15) is 0 Å². The monoisotopic (exact) mass is 583 g/mol. The molecule has 4 aromatic carbocycles. The zero-order valence-electron chi connectivity index (χ0n) is 21.3. The first-order valence-electron chi connectivity index (χ1n) is 11.8. The molecule has 0 heterocycles. The number of nitrogens with one attached hydrogen (secondary N) is 3. The fraction of sp³-hybridized carbons (Fsp3) is 0.107. The minimum Gasteiger partial charge on any atom is -0.322 e. The summed E-state index contributed by atoms with van der Waals surface area (Å²) in [6.07, 6.45) is 0. The van der Waals surface area contributed by atoms with Gasteiger partial charge in [-0.25, -0.2) is 16.8 Å². The Bertz CT molecular complexity index is 1730. The molecule has 0 fully saturated rings. The van der Waals surface area contributed by atoms with Crippen molar-refractivity contribution in [3.8, 4) is 0 Å². The van der Waals surface area contributed by atoms with Crippen molar-refractivity contribution in [3.63, 3.8) is 0 Å². The van der Waals surface area contributed by atoms with Crippen LogP contribution in [0.2, 0.25) is 5.02 Å². The Morgan fingerprint density at radius 2 is 1.23 bits per heavy atom. The van der Waals surface area contributed by atoms with Gasteiger partial charge in [-0.05, 0) is 86.5 Å². The summed E-state index contributed by atoms with van der Waals surface area (Å²) in [6, 6.07) is 21.8. The highest BCUT2D eigenvalue weighted by Crippen LogP contribution is 2.27. The van der Waals surface area contributed by atoms with Gasteiger partial charge in [0.1, 0.15) is 0 Å². The molecule has 39 heavy (non-hydrogen) atoms. The molecule has 0 spiro atoms. The maximum absolute atomic E-state index is 12.9. The number of amides is 1. The lowest BCUT2D eigenvalue weighted by molar-refractivity contribution is 0.102. The summed E-state index contributed by atoms with van der Waals surface area (Å²) in [6.45, 7) is 5.49. The van der Waals surface area contributed by atoms with Gasteiger partial charge in [-0.3, -0.25) is 14.2 Å². The van der Waals surface area contributed by atoms with Crippen LogP contribution in [0.1, 0.15) is 27.0 Å². The van der Waals surface area contributed by atoms with Crippen LogP contribution in [-0.2, 0) is 20.0 Å². The molecule has 11 heteroatoms. The number of halogens is 1. The third-order valence-corrected chi connectivity index (χ3v) is 9.01. The highest BCUT2D eigenvalue weighted by atomic mass is 35.5. The van der Waals surface area contributed by atoms with Gasteiger partial charge in [-0.1, -0.05) is 47.5 Å². The Morgan fingerprint density at radius 1 is 0.692 bits per heavy atom. The Kier molecular flexibility index (Phi) is 8.01. The van der Waals surface area contributed by atoms with E-state index in [1.165, 1.54) is 54.6 Å². The minimum absolute atomic E-state index is 0.0383. The summed E-state index contributed by atoms with van der Waals surface area (Å²) in [5, 5.41) is 2.72. The van der Waals surface area contributed by atoms with Crippen molar-refractivity contribution in [2.45, 2.75) is 30.6 Å². The standard InChI is InChI=1S/C28H26ClN3O5S2/c1-18-7-12-23(13-8-18)38(34,35)31-26-16-9-21(17-25(26)29)28(33)30-22-10-14-24(15-11-22)39(36,37)32-27-19(2)5-4-6-20(27)3/h4-17,31-32H,1-3H3,(H,30,33). The maximum atomic E-state index is 12.9. The number of carbonyl (C=O) groups excluding carboxylic acids is 1. The number of hydrogen-bond donors (Lipinski definition) is 3. The molecule has 0 saturated heterocycles. The van der Waals surface area contributed by atoms with Gasteiger partial charge in [0.05, 0.1) is 26.2 Å². The molecule has 4 rings (SSSR count). The predicted octanol–water partition coefficient (Wildman–Crippen LogP) is 6.12. The second kappa shape index (κ2) is 11.1. The van der Waals surface area contributed by atoms with Crippen molar-refractivity contribution >= 4 is 54.6 Å². The fourth-order valence-corrected chi connectivity index (χ4v) is 6.32. The molecule has 202 valence electrons. The number of hydrogen-bond acceptors (Lipinski definition) is 5. The lowest BCUT2D eigenvalue weighted by Crippen LogP contribution is -2.16. The predicted molar refractivity (Wildman–Crippen MR) is 155 cm³/mol.